The molecule has 0 radical (unpaired) electrons. The summed E-state index contributed by atoms with van der Waals surface area (Å²) >= 11 is 0. The predicted octanol–water partition coefficient (Wildman–Crippen LogP) is 1.09. The number of aryl methyl sites for hydroxylation is 1. The maximum absolute atomic E-state index is 10.3. The van der Waals surface area contributed by atoms with Gasteiger partial charge in [0.1, 0.15) is 6.29 Å². The van der Waals surface area contributed by atoms with Crippen LogP contribution < -0.4 is 0 Å². The first-order chi connectivity index (χ1) is 6.60. The molecule has 0 saturated heterocycles. The van der Waals surface area contributed by atoms with E-state index in [-0.39, 0.29) is 6.42 Å². The van der Waals surface area contributed by atoms with Gasteiger partial charge in [-0.25, -0.2) is 0 Å². The number of hydrogen-bond donors (Lipinski definition) is 1. The van der Waals surface area contributed by atoms with Crippen LogP contribution in [0.4, 0.5) is 0 Å². The van der Waals surface area contributed by atoms with Crippen LogP contribution in [-0.2, 0) is 16.9 Å². The summed E-state index contributed by atoms with van der Waals surface area (Å²) in [5.41, 5.74) is -0.397. The lowest BCUT2D eigenvalue weighted by Crippen LogP contribution is -2.20. The van der Waals surface area contributed by atoms with Gasteiger partial charge in [-0.05, 0) is 13.3 Å². The standard InChI is InChI=1S/C10H16N2O2/c1-3-5-12-8-9(7-11-12)10(2,14)4-6-13/h6-8,14H,3-5H2,1-2H3. The van der Waals surface area contributed by atoms with Gasteiger partial charge in [0.15, 0.2) is 0 Å². The molecule has 0 fully saturated rings. The van der Waals surface area contributed by atoms with Gasteiger partial charge in [0.2, 0.25) is 0 Å². The maximum atomic E-state index is 10.3. The van der Waals surface area contributed by atoms with Crippen molar-refractivity contribution >= 4 is 6.29 Å². The van der Waals surface area contributed by atoms with Crippen molar-refractivity contribution in [2.75, 3.05) is 0 Å². The third-order valence-electron chi connectivity index (χ3n) is 2.19. The molecule has 1 atom stereocenters. The van der Waals surface area contributed by atoms with Crippen molar-refractivity contribution in [3.63, 3.8) is 0 Å². The first kappa shape index (κ1) is 10.9. The van der Waals surface area contributed by atoms with E-state index in [2.05, 4.69) is 12.0 Å². The zero-order valence-corrected chi connectivity index (χ0v) is 8.60. The highest BCUT2D eigenvalue weighted by molar-refractivity contribution is 5.52. The van der Waals surface area contributed by atoms with E-state index in [1.165, 1.54) is 0 Å². The topological polar surface area (TPSA) is 55.1 Å². The van der Waals surface area contributed by atoms with Crippen molar-refractivity contribution in [3.05, 3.63) is 18.0 Å². The number of carbonyl (C=O) groups excluding carboxylic acids is 1. The number of aldehydes is 1. The molecule has 0 spiro atoms. The number of hydrogen-bond acceptors (Lipinski definition) is 3. The fraction of sp³-hybridized carbons (Fsp3) is 0.600. The summed E-state index contributed by atoms with van der Waals surface area (Å²) in [6.45, 7) is 4.51. The summed E-state index contributed by atoms with van der Waals surface area (Å²) in [4.78, 5) is 10.3. The van der Waals surface area contributed by atoms with Crippen LogP contribution in [-0.4, -0.2) is 21.2 Å². The van der Waals surface area contributed by atoms with Crippen molar-refractivity contribution < 1.29 is 9.90 Å². The molecule has 1 heterocycles. The van der Waals surface area contributed by atoms with Gasteiger partial charge in [-0.1, -0.05) is 6.92 Å². The van der Waals surface area contributed by atoms with Gasteiger partial charge in [0.25, 0.3) is 0 Å². The van der Waals surface area contributed by atoms with Crippen LogP contribution in [0.5, 0.6) is 0 Å². The minimum Gasteiger partial charge on any atom is -0.385 e. The molecule has 1 aromatic rings. The van der Waals surface area contributed by atoms with E-state index in [0.29, 0.717) is 5.56 Å². The number of aliphatic hydroxyl groups is 1. The normalized spacial score (nSPS) is 15.1. The van der Waals surface area contributed by atoms with E-state index in [4.69, 9.17) is 0 Å². The molecule has 0 amide bonds. The average molecular weight is 196 g/mol. The Hall–Kier alpha value is -1.16. The van der Waals surface area contributed by atoms with Crippen LogP contribution in [0.2, 0.25) is 0 Å². The molecule has 0 aromatic carbocycles. The van der Waals surface area contributed by atoms with E-state index in [1.54, 1.807) is 24.0 Å². The molecule has 4 heteroatoms. The van der Waals surface area contributed by atoms with Gasteiger partial charge in [-0.15, -0.1) is 0 Å². The van der Waals surface area contributed by atoms with Gasteiger partial charge in [0.05, 0.1) is 11.8 Å². The van der Waals surface area contributed by atoms with E-state index in [1.807, 2.05) is 0 Å². The van der Waals surface area contributed by atoms with Crippen molar-refractivity contribution in [2.45, 2.75) is 38.8 Å². The monoisotopic (exact) mass is 196 g/mol. The average Bonchev–Trinajstić information content (AvgIpc) is 2.54. The van der Waals surface area contributed by atoms with Crippen LogP contribution >= 0.6 is 0 Å². The Kier molecular flexibility index (Phi) is 3.41. The van der Waals surface area contributed by atoms with Gasteiger partial charge in [0, 0.05) is 24.7 Å². The molecule has 1 rings (SSSR count). The molecule has 1 unspecified atom stereocenters. The van der Waals surface area contributed by atoms with Crippen molar-refractivity contribution in [3.8, 4) is 0 Å². The first-order valence-corrected chi connectivity index (χ1v) is 4.79. The lowest BCUT2D eigenvalue weighted by molar-refractivity contribution is -0.112. The van der Waals surface area contributed by atoms with E-state index >= 15 is 0 Å². The van der Waals surface area contributed by atoms with Crippen LogP contribution in [0.15, 0.2) is 12.4 Å². The molecule has 1 N–H and O–H groups in total. The third kappa shape index (κ3) is 2.42. The molecule has 0 aliphatic rings. The van der Waals surface area contributed by atoms with E-state index in [0.717, 1.165) is 19.3 Å². The molecule has 1 aromatic heterocycles. The molecular weight excluding hydrogens is 180 g/mol. The third-order valence-corrected chi connectivity index (χ3v) is 2.19. The Morgan fingerprint density at radius 1 is 1.71 bits per heavy atom. The number of carbonyl (C=O) groups is 1. The van der Waals surface area contributed by atoms with E-state index < -0.39 is 5.60 Å². The van der Waals surface area contributed by atoms with Gasteiger partial charge < -0.3 is 9.90 Å². The minimum atomic E-state index is -1.09. The number of aromatic nitrogens is 2. The quantitative estimate of drug-likeness (QED) is 0.717. The van der Waals surface area contributed by atoms with Crippen LogP contribution in [0, 0.1) is 0 Å². The number of nitrogens with zero attached hydrogens (tertiary/aromatic N) is 2. The van der Waals surface area contributed by atoms with Gasteiger partial charge in [-0.2, -0.15) is 5.10 Å². The molecule has 0 aliphatic carbocycles. The summed E-state index contributed by atoms with van der Waals surface area (Å²) in [6, 6.07) is 0. The van der Waals surface area contributed by atoms with Gasteiger partial charge in [-0.3, -0.25) is 4.68 Å². The Morgan fingerprint density at radius 2 is 2.43 bits per heavy atom. The van der Waals surface area contributed by atoms with Crippen LogP contribution in [0.3, 0.4) is 0 Å². The summed E-state index contributed by atoms with van der Waals surface area (Å²) in [5, 5.41) is 14.0. The predicted molar refractivity (Wildman–Crippen MR) is 52.8 cm³/mol. The Labute approximate surface area is 83.5 Å². The van der Waals surface area contributed by atoms with Crippen molar-refractivity contribution in [2.24, 2.45) is 0 Å². The SMILES string of the molecule is CCCn1cc(C(C)(O)CC=O)cn1. The fourth-order valence-corrected chi connectivity index (χ4v) is 1.27. The fourth-order valence-electron chi connectivity index (χ4n) is 1.27. The molecular formula is C10H16N2O2. The van der Waals surface area contributed by atoms with Crippen LogP contribution in [0.1, 0.15) is 32.3 Å². The lowest BCUT2D eigenvalue weighted by atomic mass is 9.96. The molecule has 0 saturated carbocycles. The summed E-state index contributed by atoms with van der Waals surface area (Å²) in [6.07, 6.45) is 5.21. The van der Waals surface area contributed by atoms with Gasteiger partial charge >= 0.3 is 0 Å². The minimum absolute atomic E-state index is 0.102. The largest absolute Gasteiger partial charge is 0.385 e. The molecule has 78 valence electrons. The second-order valence-electron chi connectivity index (χ2n) is 3.64. The highest BCUT2D eigenvalue weighted by atomic mass is 16.3. The Morgan fingerprint density at radius 3 is 3.00 bits per heavy atom. The number of rotatable bonds is 5. The second-order valence-corrected chi connectivity index (χ2v) is 3.64. The molecule has 14 heavy (non-hydrogen) atoms. The molecule has 0 bridgehead atoms. The second kappa shape index (κ2) is 4.37. The summed E-state index contributed by atoms with van der Waals surface area (Å²) in [7, 11) is 0. The van der Waals surface area contributed by atoms with E-state index in [9.17, 15) is 9.90 Å². The van der Waals surface area contributed by atoms with Crippen molar-refractivity contribution in [1.29, 1.82) is 0 Å². The zero-order valence-electron chi connectivity index (χ0n) is 8.60. The van der Waals surface area contributed by atoms with Crippen LogP contribution in [0.25, 0.3) is 0 Å². The zero-order chi connectivity index (χ0) is 10.6. The lowest BCUT2D eigenvalue weighted by Gasteiger charge is -2.17. The first-order valence-electron chi connectivity index (χ1n) is 4.79. The highest BCUT2D eigenvalue weighted by Crippen LogP contribution is 2.22. The highest BCUT2D eigenvalue weighted by Gasteiger charge is 2.23. The summed E-state index contributed by atoms with van der Waals surface area (Å²) in [5.74, 6) is 0. The Balaban J connectivity index is 2.79. The summed E-state index contributed by atoms with van der Waals surface area (Å²) < 4.78 is 1.77. The van der Waals surface area contributed by atoms with Crippen molar-refractivity contribution in [1.82, 2.24) is 9.78 Å². The Bertz CT molecular complexity index is 305. The molecule has 4 nitrogen and oxygen atoms in total. The maximum Gasteiger partial charge on any atom is 0.123 e. The smallest absolute Gasteiger partial charge is 0.123 e. The molecule has 0 aliphatic heterocycles.